The number of hydrogen-bond donors (Lipinski definition) is 1. The van der Waals surface area contributed by atoms with E-state index in [1.54, 1.807) is 13.2 Å². The first-order valence-corrected chi connectivity index (χ1v) is 9.67. The molecule has 0 bridgehead atoms. The highest BCUT2D eigenvalue weighted by Crippen LogP contribution is 2.21. The van der Waals surface area contributed by atoms with Crippen LogP contribution in [0.5, 0.6) is 5.75 Å². The third-order valence-corrected chi connectivity index (χ3v) is 4.88. The van der Waals surface area contributed by atoms with E-state index < -0.39 is 0 Å². The number of nitrogens with one attached hydrogen (secondary N) is 1. The van der Waals surface area contributed by atoms with Gasteiger partial charge in [-0.15, -0.1) is 0 Å². The number of aromatic nitrogens is 3. The minimum absolute atomic E-state index is 0.122. The lowest BCUT2D eigenvalue weighted by atomic mass is 10.1. The molecule has 0 aliphatic carbocycles. The van der Waals surface area contributed by atoms with Crippen molar-refractivity contribution in [2.45, 2.75) is 13.1 Å². The number of rotatable bonds is 7. The maximum Gasteiger partial charge on any atom is 0.267 e. The Hall–Kier alpha value is -3.87. The topological polar surface area (TPSA) is 78.2 Å². The lowest BCUT2D eigenvalue weighted by molar-refractivity contribution is -0.121. The monoisotopic (exact) mass is 402 g/mol. The highest BCUT2D eigenvalue weighted by molar-refractivity contribution is 5.81. The molecule has 0 saturated carbocycles. The number of hydrogen-bond acceptors (Lipinski definition) is 4. The number of fused-ring (bicyclic) bond motifs is 1. The Morgan fingerprint density at radius 1 is 1.07 bits per heavy atom. The summed E-state index contributed by atoms with van der Waals surface area (Å²) in [5.74, 6) is 0.553. The Bertz CT molecular complexity index is 1230. The summed E-state index contributed by atoms with van der Waals surface area (Å²) in [4.78, 5) is 24.5. The SMILES string of the molecule is COc1ccc2c(ccn2CCNC(=O)Cn2nc(-c3ccccc3)ccc2=O)c1. The van der Waals surface area contributed by atoms with Crippen LogP contribution in [0, 0.1) is 0 Å². The zero-order chi connectivity index (χ0) is 20.9. The average molecular weight is 402 g/mol. The number of carbonyl (C=O) groups is 1. The molecule has 0 saturated heterocycles. The van der Waals surface area contributed by atoms with Crippen molar-refractivity contribution < 1.29 is 9.53 Å². The fraction of sp³-hybridized carbons (Fsp3) is 0.174. The minimum Gasteiger partial charge on any atom is -0.497 e. The molecular formula is C23H22N4O3. The molecule has 7 heteroatoms. The lowest BCUT2D eigenvalue weighted by Crippen LogP contribution is -2.35. The van der Waals surface area contributed by atoms with Gasteiger partial charge in [0.15, 0.2) is 0 Å². The second-order valence-corrected chi connectivity index (χ2v) is 6.86. The zero-order valence-electron chi connectivity index (χ0n) is 16.6. The Morgan fingerprint density at radius 2 is 1.90 bits per heavy atom. The van der Waals surface area contributed by atoms with Gasteiger partial charge in [-0.1, -0.05) is 30.3 Å². The molecule has 0 spiro atoms. The van der Waals surface area contributed by atoms with Crippen molar-refractivity contribution in [3.63, 3.8) is 0 Å². The molecule has 0 aliphatic heterocycles. The number of ether oxygens (including phenoxy) is 1. The molecule has 4 rings (SSSR count). The van der Waals surface area contributed by atoms with E-state index in [0.717, 1.165) is 22.2 Å². The summed E-state index contributed by atoms with van der Waals surface area (Å²) in [6.45, 7) is 0.943. The lowest BCUT2D eigenvalue weighted by Gasteiger charge is -2.10. The van der Waals surface area contributed by atoms with Crippen LogP contribution in [0.4, 0.5) is 0 Å². The molecule has 7 nitrogen and oxygen atoms in total. The molecule has 2 heterocycles. The van der Waals surface area contributed by atoms with Crippen LogP contribution in [0.3, 0.4) is 0 Å². The van der Waals surface area contributed by atoms with Crippen LogP contribution < -0.4 is 15.6 Å². The van der Waals surface area contributed by atoms with Crippen LogP contribution in [0.1, 0.15) is 0 Å². The summed E-state index contributed by atoms with van der Waals surface area (Å²) < 4.78 is 8.50. The molecule has 30 heavy (non-hydrogen) atoms. The number of benzene rings is 2. The van der Waals surface area contributed by atoms with Crippen LogP contribution in [-0.4, -0.2) is 33.9 Å². The Kier molecular flexibility index (Phi) is 5.61. The van der Waals surface area contributed by atoms with Crippen molar-refractivity contribution in [2.75, 3.05) is 13.7 Å². The molecular weight excluding hydrogens is 380 g/mol. The molecule has 0 aliphatic rings. The van der Waals surface area contributed by atoms with E-state index >= 15 is 0 Å². The van der Waals surface area contributed by atoms with Gasteiger partial charge in [-0.25, -0.2) is 4.68 Å². The molecule has 4 aromatic rings. The maximum atomic E-state index is 12.4. The van der Waals surface area contributed by atoms with Gasteiger partial charge >= 0.3 is 0 Å². The van der Waals surface area contributed by atoms with Crippen molar-refractivity contribution >= 4 is 16.8 Å². The van der Waals surface area contributed by atoms with Gasteiger partial charge in [0.25, 0.3) is 5.56 Å². The molecule has 0 atom stereocenters. The molecule has 0 radical (unpaired) electrons. The number of amides is 1. The molecule has 0 unspecified atom stereocenters. The van der Waals surface area contributed by atoms with Gasteiger partial charge in [0.2, 0.25) is 5.91 Å². The van der Waals surface area contributed by atoms with E-state index in [4.69, 9.17) is 4.74 Å². The Morgan fingerprint density at radius 3 is 2.70 bits per heavy atom. The third kappa shape index (κ3) is 4.25. The normalized spacial score (nSPS) is 10.8. The van der Waals surface area contributed by atoms with Gasteiger partial charge < -0.3 is 14.6 Å². The van der Waals surface area contributed by atoms with Crippen molar-refractivity contribution in [3.05, 3.63) is 83.3 Å². The van der Waals surface area contributed by atoms with Gasteiger partial charge in [0.05, 0.1) is 12.8 Å². The number of nitrogens with zero attached hydrogens (tertiary/aromatic N) is 3. The smallest absolute Gasteiger partial charge is 0.267 e. The third-order valence-electron chi connectivity index (χ3n) is 4.88. The minimum atomic E-state index is -0.310. The van der Waals surface area contributed by atoms with Crippen LogP contribution in [0.15, 0.2) is 77.7 Å². The summed E-state index contributed by atoms with van der Waals surface area (Å²) >= 11 is 0. The van der Waals surface area contributed by atoms with Crippen molar-refractivity contribution in [1.82, 2.24) is 19.7 Å². The molecule has 0 fully saturated rings. The predicted molar refractivity (Wildman–Crippen MR) is 115 cm³/mol. The average Bonchev–Trinajstić information content (AvgIpc) is 3.18. The van der Waals surface area contributed by atoms with Gasteiger partial charge in [0, 0.05) is 41.8 Å². The summed E-state index contributed by atoms with van der Waals surface area (Å²) in [6.07, 6.45) is 1.98. The number of carbonyl (C=O) groups excluding carboxylic acids is 1. The molecule has 2 aromatic carbocycles. The van der Waals surface area contributed by atoms with Gasteiger partial charge in [-0.2, -0.15) is 5.10 Å². The highest BCUT2D eigenvalue weighted by Gasteiger charge is 2.08. The quantitative estimate of drug-likeness (QED) is 0.516. The largest absolute Gasteiger partial charge is 0.497 e. The fourth-order valence-electron chi connectivity index (χ4n) is 3.33. The van der Waals surface area contributed by atoms with Crippen LogP contribution in [0.2, 0.25) is 0 Å². The summed E-state index contributed by atoms with van der Waals surface area (Å²) in [7, 11) is 1.64. The molecule has 152 valence electrons. The van der Waals surface area contributed by atoms with E-state index in [9.17, 15) is 9.59 Å². The molecule has 1 N–H and O–H groups in total. The van der Waals surface area contributed by atoms with Crippen molar-refractivity contribution in [3.8, 4) is 17.0 Å². The van der Waals surface area contributed by atoms with Gasteiger partial charge in [-0.05, 0) is 30.3 Å². The van der Waals surface area contributed by atoms with Crippen LogP contribution >= 0.6 is 0 Å². The second-order valence-electron chi connectivity index (χ2n) is 6.86. The van der Waals surface area contributed by atoms with E-state index in [0.29, 0.717) is 18.8 Å². The van der Waals surface area contributed by atoms with Gasteiger partial charge in [0.1, 0.15) is 12.3 Å². The summed E-state index contributed by atoms with van der Waals surface area (Å²) in [5, 5.41) is 8.26. The predicted octanol–water partition coefficient (Wildman–Crippen LogP) is 2.69. The first kappa shape index (κ1) is 19.4. The standard InChI is InChI=1S/C23H22N4O3/c1-30-19-7-9-21-18(15-19)11-13-26(21)14-12-24-22(28)16-27-23(29)10-8-20(25-27)17-5-3-2-4-6-17/h2-11,13,15H,12,14,16H2,1H3,(H,24,28). The van der Waals surface area contributed by atoms with Crippen molar-refractivity contribution in [1.29, 1.82) is 0 Å². The summed E-state index contributed by atoms with van der Waals surface area (Å²) in [6, 6.07) is 20.5. The second kappa shape index (κ2) is 8.65. The van der Waals surface area contributed by atoms with Crippen LogP contribution in [0.25, 0.3) is 22.2 Å². The highest BCUT2D eigenvalue weighted by atomic mass is 16.5. The zero-order valence-corrected chi connectivity index (χ0v) is 16.6. The van der Waals surface area contributed by atoms with E-state index in [1.165, 1.54) is 10.7 Å². The first-order valence-electron chi connectivity index (χ1n) is 9.67. The Labute approximate surface area is 173 Å². The Balaban J connectivity index is 1.38. The van der Waals surface area contributed by atoms with E-state index in [-0.39, 0.29) is 18.0 Å². The van der Waals surface area contributed by atoms with Crippen molar-refractivity contribution in [2.24, 2.45) is 0 Å². The molecule has 1 amide bonds. The van der Waals surface area contributed by atoms with Crippen LogP contribution in [-0.2, 0) is 17.9 Å². The first-order chi connectivity index (χ1) is 14.6. The van der Waals surface area contributed by atoms with E-state index in [2.05, 4.69) is 15.0 Å². The fourth-order valence-corrected chi connectivity index (χ4v) is 3.33. The number of methoxy groups -OCH3 is 1. The summed E-state index contributed by atoms with van der Waals surface area (Å²) in [5.41, 5.74) is 2.30. The molecule has 2 aromatic heterocycles. The van der Waals surface area contributed by atoms with E-state index in [1.807, 2.05) is 60.8 Å². The van der Waals surface area contributed by atoms with Gasteiger partial charge in [-0.3, -0.25) is 9.59 Å². The maximum absolute atomic E-state index is 12.4.